The van der Waals surface area contributed by atoms with Crippen LogP contribution in [-0.2, 0) is 5.54 Å². The molecule has 0 unspecified atom stereocenters. The lowest BCUT2D eigenvalue weighted by Gasteiger charge is -2.20. The molecule has 0 aliphatic rings. The number of aromatic nitrogens is 5. The highest BCUT2D eigenvalue weighted by Gasteiger charge is 2.21. The van der Waals surface area contributed by atoms with Gasteiger partial charge >= 0.3 is 0 Å². The van der Waals surface area contributed by atoms with E-state index in [0.717, 1.165) is 0 Å². The smallest absolute Gasteiger partial charge is 0.268 e. The van der Waals surface area contributed by atoms with E-state index in [1.807, 2.05) is 26.8 Å². The molecule has 3 rings (SSSR count). The van der Waals surface area contributed by atoms with Crippen molar-refractivity contribution in [2.75, 3.05) is 0 Å². The average Bonchev–Trinajstić information content (AvgIpc) is 2.88. The van der Waals surface area contributed by atoms with Crippen molar-refractivity contribution in [3.63, 3.8) is 0 Å². The Morgan fingerprint density at radius 2 is 1.95 bits per heavy atom. The van der Waals surface area contributed by atoms with E-state index in [0.29, 0.717) is 17.0 Å². The topological polar surface area (TPSA) is 65.1 Å². The summed E-state index contributed by atoms with van der Waals surface area (Å²) in [4.78, 5) is 21.1. The SMILES string of the molecule is CC(C)(C)n1ncnc1-c1cnc2ccccn2c1=O. The number of rotatable bonds is 1. The molecule has 3 aromatic heterocycles. The average molecular weight is 269 g/mol. The molecule has 0 aliphatic carbocycles. The summed E-state index contributed by atoms with van der Waals surface area (Å²) in [5, 5.41) is 4.21. The van der Waals surface area contributed by atoms with Crippen LogP contribution >= 0.6 is 0 Å². The third-order valence-corrected chi connectivity index (χ3v) is 3.04. The minimum atomic E-state index is -0.255. The molecule has 0 spiro atoms. The Hall–Kier alpha value is -2.50. The Balaban J connectivity index is 2.29. The van der Waals surface area contributed by atoms with Gasteiger partial charge < -0.3 is 0 Å². The summed E-state index contributed by atoms with van der Waals surface area (Å²) < 4.78 is 3.25. The molecule has 0 amide bonds. The zero-order valence-corrected chi connectivity index (χ0v) is 11.6. The van der Waals surface area contributed by atoms with E-state index in [1.54, 1.807) is 29.2 Å². The Bertz CT molecular complexity index is 825. The highest BCUT2D eigenvalue weighted by Crippen LogP contribution is 2.20. The summed E-state index contributed by atoms with van der Waals surface area (Å²) in [6.45, 7) is 6.03. The van der Waals surface area contributed by atoms with Crippen LogP contribution in [0, 0.1) is 0 Å². The summed E-state index contributed by atoms with van der Waals surface area (Å²) in [5.41, 5.74) is 0.660. The van der Waals surface area contributed by atoms with Gasteiger partial charge in [0.25, 0.3) is 5.56 Å². The Morgan fingerprint density at radius 3 is 2.70 bits per heavy atom. The van der Waals surface area contributed by atoms with Gasteiger partial charge in [0.1, 0.15) is 17.5 Å². The highest BCUT2D eigenvalue weighted by atomic mass is 16.1. The quantitative estimate of drug-likeness (QED) is 0.674. The van der Waals surface area contributed by atoms with Gasteiger partial charge in [-0.2, -0.15) is 5.10 Å². The van der Waals surface area contributed by atoms with Gasteiger partial charge in [-0.1, -0.05) is 6.07 Å². The molecule has 6 nitrogen and oxygen atoms in total. The van der Waals surface area contributed by atoms with E-state index in [9.17, 15) is 4.79 Å². The molecule has 3 heterocycles. The molecule has 0 fully saturated rings. The molecule has 0 radical (unpaired) electrons. The van der Waals surface area contributed by atoms with Gasteiger partial charge in [-0.15, -0.1) is 0 Å². The number of hydrogen-bond acceptors (Lipinski definition) is 4. The van der Waals surface area contributed by atoms with E-state index in [4.69, 9.17) is 0 Å². The largest absolute Gasteiger partial charge is 0.268 e. The van der Waals surface area contributed by atoms with Gasteiger partial charge in [0.05, 0.1) is 5.54 Å². The minimum Gasteiger partial charge on any atom is -0.268 e. The van der Waals surface area contributed by atoms with Crippen molar-refractivity contribution in [3.05, 3.63) is 47.3 Å². The fraction of sp³-hybridized carbons (Fsp3) is 0.286. The summed E-state index contributed by atoms with van der Waals surface area (Å²) in [6.07, 6.45) is 4.72. The van der Waals surface area contributed by atoms with Crippen molar-refractivity contribution in [1.82, 2.24) is 24.1 Å². The Morgan fingerprint density at radius 1 is 1.15 bits per heavy atom. The van der Waals surface area contributed by atoms with Crippen LogP contribution in [0.3, 0.4) is 0 Å². The van der Waals surface area contributed by atoms with E-state index >= 15 is 0 Å². The van der Waals surface area contributed by atoms with Crippen LogP contribution in [0.4, 0.5) is 0 Å². The van der Waals surface area contributed by atoms with Crippen molar-refractivity contribution in [2.24, 2.45) is 0 Å². The van der Waals surface area contributed by atoms with Gasteiger partial charge in [0.15, 0.2) is 5.82 Å². The predicted octanol–water partition coefficient (Wildman–Crippen LogP) is 1.71. The second-order valence-corrected chi connectivity index (χ2v) is 5.57. The lowest BCUT2D eigenvalue weighted by molar-refractivity contribution is 0.359. The fourth-order valence-electron chi connectivity index (χ4n) is 2.10. The Kier molecular flexibility index (Phi) is 2.67. The first-order valence-corrected chi connectivity index (χ1v) is 6.36. The third kappa shape index (κ3) is 1.89. The number of fused-ring (bicyclic) bond motifs is 1. The van der Waals surface area contributed by atoms with E-state index < -0.39 is 0 Å². The lowest BCUT2D eigenvalue weighted by Crippen LogP contribution is -2.26. The third-order valence-electron chi connectivity index (χ3n) is 3.04. The Labute approximate surface area is 115 Å². The molecule has 3 aromatic rings. The zero-order valence-electron chi connectivity index (χ0n) is 11.6. The van der Waals surface area contributed by atoms with Gasteiger partial charge in [-0.3, -0.25) is 9.20 Å². The molecular weight excluding hydrogens is 254 g/mol. The molecule has 20 heavy (non-hydrogen) atoms. The van der Waals surface area contributed by atoms with Crippen LogP contribution in [0.15, 0.2) is 41.7 Å². The molecule has 0 aliphatic heterocycles. The van der Waals surface area contributed by atoms with Crippen LogP contribution in [0.5, 0.6) is 0 Å². The van der Waals surface area contributed by atoms with Crippen LogP contribution in [0.25, 0.3) is 17.0 Å². The first-order valence-electron chi connectivity index (χ1n) is 6.36. The molecule has 6 heteroatoms. The normalized spacial score (nSPS) is 11.9. The van der Waals surface area contributed by atoms with Gasteiger partial charge in [-0.25, -0.2) is 14.6 Å². The van der Waals surface area contributed by atoms with Gasteiger partial charge in [-0.05, 0) is 32.9 Å². The fourth-order valence-corrected chi connectivity index (χ4v) is 2.10. The van der Waals surface area contributed by atoms with E-state index in [2.05, 4.69) is 15.1 Å². The van der Waals surface area contributed by atoms with Crippen LogP contribution < -0.4 is 5.56 Å². The maximum absolute atomic E-state index is 12.5. The first kappa shape index (κ1) is 12.5. The summed E-state index contributed by atoms with van der Waals surface area (Å²) >= 11 is 0. The van der Waals surface area contributed by atoms with E-state index in [-0.39, 0.29) is 11.1 Å². The van der Waals surface area contributed by atoms with Crippen LogP contribution in [0.1, 0.15) is 20.8 Å². The second-order valence-electron chi connectivity index (χ2n) is 5.57. The van der Waals surface area contributed by atoms with Crippen molar-refractivity contribution in [1.29, 1.82) is 0 Å². The summed E-state index contributed by atoms with van der Waals surface area (Å²) in [7, 11) is 0. The van der Waals surface area contributed by atoms with Gasteiger partial charge in [0, 0.05) is 12.4 Å². The monoisotopic (exact) mass is 269 g/mol. The second kappa shape index (κ2) is 4.26. The number of nitrogens with zero attached hydrogens (tertiary/aromatic N) is 5. The van der Waals surface area contributed by atoms with Crippen LogP contribution in [0.2, 0.25) is 0 Å². The number of pyridine rings is 1. The molecule has 0 aromatic carbocycles. The standard InChI is InChI=1S/C14H15N5O/c1-14(2,3)19-12(16-9-17-19)10-8-15-11-6-4-5-7-18(11)13(10)20/h4-9H,1-3H3. The molecular formula is C14H15N5O. The minimum absolute atomic E-state index is 0.144. The first-order chi connectivity index (χ1) is 9.48. The molecule has 0 saturated carbocycles. The molecule has 0 saturated heterocycles. The summed E-state index contributed by atoms with van der Waals surface area (Å²) in [6, 6.07) is 5.44. The zero-order chi connectivity index (χ0) is 14.3. The lowest BCUT2D eigenvalue weighted by atomic mass is 10.1. The van der Waals surface area contributed by atoms with Crippen molar-refractivity contribution < 1.29 is 0 Å². The molecule has 0 N–H and O–H groups in total. The van der Waals surface area contributed by atoms with Crippen molar-refractivity contribution in [3.8, 4) is 11.4 Å². The van der Waals surface area contributed by atoms with Gasteiger partial charge in [0.2, 0.25) is 0 Å². The predicted molar refractivity (Wildman–Crippen MR) is 75.5 cm³/mol. The molecule has 0 bridgehead atoms. The maximum Gasteiger partial charge on any atom is 0.268 e. The molecule has 0 atom stereocenters. The van der Waals surface area contributed by atoms with Crippen LogP contribution in [-0.4, -0.2) is 24.1 Å². The summed E-state index contributed by atoms with van der Waals surface area (Å²) in [5.74, 6) is 0.535. The van der Waals surface area contributed by atoms with E-state index in [1.165, 1.54) is 10.7 Å². The van der Waals surface area contributed by atoms with Crippen molar-refractivity contribution in [2.45, 2.75) is 26.3 Å². The maximum atomic E-state index is 12.5. The van der Waals surface area contributed by atoms with Crippen molar-refractivity contribution >= 4 is 5.65 Å². The number of hydrogen-bond donors (Lipinski definition) is 0. The molecule has 102 valence electrons. The highest BCUT2D eigenvalue weighted by molar-refractivity contribution is 5.55.